The second-order valence-corrected chi connectivity index (χ2v) is 23.1. The summed E-state index contributed by atoms with van der Waals surface area (Å²) in [5, 5.41) is 23.2. The van der Waals surface area contributed by atoms with Crippen molar-refractivity contribution < 1.29 is 24.5 Å². The van der Waals surface area contributed by atoms with E-state index in [4.69, 9.17) is 4.74 Å². The Balaban J connectivity index is 3.44. The zero-order valence-electron chi connectivity index (χ0n) is 51.0. The molecule has 0 aromatic carbocycles. The number of nitrogens with one attached hydrogen (secondary N) is 1. The maximum atomic E-state index is 12.5. The van der Waals surface area contributed by atoms with Crippen LogP contribution in [0.15, 0.2) is 48.6 Å². The van der Waals surface area contributed by atoms with E-state index in [0.29, 0.717) is 19.4 Å². The first kappa shape index (κ1) is 73.8. The largest absolute Gasteiger partial charge is 0.466 e. The van der Waals surface area contributed by atoms with Crippen LogP contribution in [0, 0.1) is 0 Å². The van der Waals surface area contributed by atoms with Crippen molar-refractivity contribution in [3.05, 3.63) is 48.6 Å². The predicted molar refractivity (Wildman–Crippen MR) is 333 cm³/mol. The van der Waals surface area contributed by atoms with E-state index in [-0.39, 0.29) is 18.5 Å². The number of ether oxygens (including phenoxy) is 1. The summed E-state index contributed by atoms with van der Waals surface area (Å²) in [6, 6.07) is -0.635. The number of carbonyl (C=O) groups is 2. The van der Waals surface area contributed by atoms with Crippen LogP contribution in [0.1, 0.15) is 361 Å². The fourth-order valence-corrected chi connectivity index (χ4v) is 10.4. The van der Waals surface area contributed by atoms with Gasteiger partial charge in [0.2, 0.25) is 5.91 Å². The van der Waals surface area contributed by atoms with Crippen molar-refractivity contribution in [3.63, 3.8) is 0 Å². The summed E-state index contributed by atoms with van der Waals surface area (Å²) in [5.41, 5.74) is 0. The van der Waals surface area contributed by atoms with Crippen LogP contribution in [0.3, 0.4) is 0 Å². The minimum absolute atomic E-state index is 0.00397. The van der Waals surface area contributed by atoms with Gasteiger partial charge < -0.3 is 20.3 Å². The first-order valence-corrected chi connectivity index (χ1v) is 33.9. The molecule has 0 rings (SSSR count). The normalized spacial score (nSPS) is 12.8. The molecule has 446 valence electrons. The summed E-state index contributed by atoms with van der Waals surface area (Å²) >= 11 is 0. The Morgan fingerprint density at radius 2 is 0.658 bits per heavy atom. The summed E-state index contributed by atoms with van der Waals surface area (Å²) in [7, 11) is 0. The molecule has 0 spiro atoms. The van der Waals surface area contributed by atoms with Crippen LogP contribution in [0.5, 0.6) is 0 Å². The monoisotopic (exact) mass is 1070 g/mol. The van der Waals surface area contributed by atoms with E-state index in [1.807, 2.05) is 6.08 Å². The van der Waals surface area contributed by atoms with E-state index < -0.39 is 12.1 Å². The Kier molecular flexibility index (Phi) is 63.5. The summed E-state index contributed by atoms with van der Waals surface area (Å²) in [5.74, 6) is -0.0696. The minimum atomic E-state index is -0.851. The summed E-state index contributed by atoms with van der Waals surface area (Å²) in [6.45, 7) is 4.89. The van der Waals surface area contributed by atoms with Gasteiger partial charge in [0.15, 0.2) is 0 Å². The quantitative estimate of drug-likeness (QED) is 0.0320. The van der Waals surface area contributed by atoms with Gasteiger partial charge in [0.05, 0.1) is 25.4 Å². The lowest BCUT2D eigenvalue weighted by atomic mass is 10.0. The van der Waals surface area contributed by atoms with Crippen molar-refractivity contribution in [2.75, 3.05) is 13.2 Å². The molecule has 0 saturated heterocycles. The molecule has 0 radical (unpaired) electrons. The van der Waals surface area contributed by atoms with Gasteiger partial charge in [-0.1, -0.05) is 306 Å². The average Bonchev–Trinajstić information content (AvgIpc) is 3.42. The highest BCUT2D eigenvalue weighted by molar-refractivity contribution is 5.76. The number of hydrogen-bond donors (Lipinski definition) is 3. The molecule has 6 heteroatoms. The molecule has 1 amide bonds. The lowest BCUT2D eigenvalue weighted by Gasteiger charge is -2.20. The smallest absolute Gasteiger partial charge is 0.305 e. The molecule has 76 heavy (non-hydrogen) atoms. The van der Waals surface area contributed by atoms with Gasteiger partial charge in [0.25, 0.3) is 0 Å². The molecule has 3 N–H and O–H groups in total. The second-order valence-electron chi connectivity index (χ2n) is 23.1. The van der Waals surface area contributed by atoms with Crippen molar-refractivity contribution in [2.45, 2.75) is 373 Å². The third kappa shape index (κ3) is 61.0. The summed E-state index contributed by atoms with van der Waals surface area (Å²) < 4.78 is 5.50. The Hall–Kier alpha value is -2.18. The number of rotatable bonds is 63. The van der Waals surface area contributed by atoms with Gasteiger partial charge in [-0.05, 0) is 89.9 Å². The molecule has 6 nitrogen and oxygen atoms in total. The fraction of sp³-hybridized carbons (Fsp3) is 0.857. The van der Waals surface area contributed by atoms with Gasteiger partial charge >= 0.3 is 5.97 Å². The molecule has 2 unspecified atom stereocenters. The first-order chi connectivity index (χ1) is 37.5. The second kappa shape index (κ2) is 65.3. The van der Waals surface area contributed by atoms with Crippen LogP contribution in [0.25, 0.3) is 0 Å². The van der Waals surface area contributed by atoms with Crippen LogP contribution >= 0.6 is 0 Å². The van der Waals surface area contributed by atoms with Crippen LogP contribution < -0.4 is 5.32 Å². The van der Waals surface area contributed by atoms with E-state index >= 15 is 0 Å². The van der Waals surface area contributed by atoms with E-state index in [2.05, 4.69) is 55.6 Å². The molecule has 0 saturated carbocycles. The van der Waals surface area contributed by atoms with E-state index in [1.165, 1.54) is 276 Å². The number of aliphatic hydroxyl groups excluding tert-OH is 2. The topological polar surface area (TPSA) is 95.9 Å². The molecule has 0 fully saturated rings. The van der Waals surface area contributed by atoms with E-state index in [0.717, 1.165) is 57.8 Å². The zero-order chi connectivity index (χ0) is 55.0. The van der Waals surface area contributed by atoms with Gasteiger partial charge in [-0.3, -0.25) is 9.59 Å². The highest BCUT2D eigenvalue weighted by Crippen LogP contribution is 2.17. The average molecular weight is 1070 g/mol. The predicted octanol–water partition coefficient (Wildman–Crippen LogP) is 21.7. The molecule has 0 heterocycles. The fourth-order valence-electron chi connectivity index (χ4n) is 10.4. The van der Waals surface area contributed by atoms with Gasteiger partial charge in [-0.2, -0.15) is 0 Å². The first-order valence-electron chi connectivity index (χ1n) is 33.9. The Morgan fingerprint density at radius 1 is 0.368 bits per heavy atom. The molecular weight excluding hydrogens is 935 g/mol. The highest BCUT2D eigenvalue weighted by Gasteiger charge is 2.18. The molecule has 0 aliphatic rings. The number of allylic oxidation sites excluding steroid dienone is 7. The number of hydrogen-bond acceptors (Lipinski definition) is 5. The SMILES string of the molecule is CCCCC/C=C\C/C=C\CCCCCCCCCCCC(=O)OCCCCCCCCCCCC/C=C\CCCCCCCCCC(=O)NC(CO)C(O)/C=C/CCCCCCCCCCCCCCCCCCC. The lowest BCUT2D eigenvalue weighted by Crippen LogP contribution is -2.45. The number of aliphatic hydroxyl groups is 2. The van der Waals surface area contributed by atoms with Gasteiger partial charge in [-0.25, -0.2) is 0 Å². The molecule has 0 aromatic heterocycles. The minimum Gasteiger partial charge on any atom is -0.466 e. The van der Waals surface area contributed by atoms with Crippen LogP contribution in [-0.2, 0) is 14.3 Å². The highest BCUT2D eigenvalue weighted by atomic mass is 16.5. The van der Waals surface area contributed by atoms with E-state index in [9.17, 15) is 19.8 Å². The van der Waals surface area contributed by atoms with Crippen molar-refractivity contribution in [1.29, 1.82) is 0 Å². The van der Waals surface area contributed by atoms with Gasteiger partial charge in [-0.15, -0.1) is 0 Å². The van der Waals surface area contributed by atoms with Crippen LogP contribution in [0.2, 0.25) is 0 Å². The summed E-state index contributed by atoms with van der Waals surface area (Å²) in [4.78, 5) is 24.6. The third-order valence-corrected chi connectivity index (χ3v) is 15.6. The Morgan fingerprint density at radius 3 is 1.04 bits per heavy atom. The standard InChI is InChI=1S/C70H131NO5/c1-3-5-7-9-11-13-15-17-19-21-26-30-34-38-42-46-50-54-58-62-68(73)67(66-72)71-69(74)63-59-55-51-47-43-39-35-31-28-24-23-25-29-33-37-41-45-49-53-57-61-65-76-70(75)64-60-56-52-48-44-40-36-32-27-22-20-18-16-14-12-10-8-6-4-2/h12,14,18,20,24,28,58,62,67-68,72-73H,3-11,13,15-17,19,21-23,25-27,29-57,59-61,63-66H2,1-2H3,(H,71,74)/b14-12-,20-18-,28-24-,62-58+. The maximum Gasteiger partial charge on any atom is 0.305 e. The van der Waals surface area contributed by atoms with E-state index in [1.54, 1.807) is 6.08 Å². The molecule has 0 aliphatic carbocycles. The molecule has 0 aromatic rings. The number of esters is 1. The van der Waals surface area contributed by atoms with Gasteiger partial charge in [0, 0.05) is 12.8 Å². The molecule has 0 bridgehead atoms. The zero-order valence-corrected chi connectivity index (χ0v) is 51.0. The third-order valence-electron chi connectivity index (χ3n) is 15.6. The maximum absolute atomic E-state index is 12.5. The van der Waals surface area contributed by atoms with Gasteiger partial charge in [0.1, 0.15) is 0 Å². The Labute approximate surface area is 474 Å². The van der Waals surface area contributed by atoms with Crippen molar-refractivity contribution in [3.8, 4) is 0 Å². The van der Waals surface area contributed by atoms with Crippen molar-refractivity contribution in [1.82, 2.24) is 5.32 Å². The number of amides is 1. The van der Waals surface area contributed by atoms with Crippen molar-refractivity contribution in [2.24, 2.45) is 0 Å². The number of unbranched alkanes of at least 4 members (excludes halogenated alkanes) is 46. The lowest BCUT2D eigenvalue weighted by molar-refractivity contribution is -0.143. The summed E-state index contributed by atoms with van der Waals surface area (Å²) in [6.07, 6.45) is 84.5. The molecule has 0 aliphatic heterocycles. The number of carbonyl (C=O) groups excluding carboxylic acids is 2. The van der Waals surface area contributed by atoms with Crippen molar-refractivity contribution >= 4 is 11.9 Å². The van der Waals surface area contributed by atoms with Crippen LogP contribution in [-0.4, -0.2) is 47.4 Å². The molecule has 2 atom stereocenters. The Bertz CT molecular complexity index is 1270. The molecular formula is C70H131NO5. The van der Waals surface area contributed by atoms with Crippen LogP contribution in [0.4, 0.5) is 0 Å².